The van der Waals surface area contributed by atoms with Gasteiger partial charge in [-0.2, -0.15) is 0 Å². The van der Waals surface area contributed by atoms with Crippen LogP contribution in [0, 0.1) is 0 Å². The van der Waals surface area contributed by atoms with Gasteiger partial charge in [0.05, 0.1) is 0 Å². The maximum absolute atomic E-state index is 10.8. The van der Waals surface area contributed by atoms with E-state index in [9.17, 15) is 19.8 Å². The van der Waals surface area contributed by atoms with E-state index < -0.39 is 11.9 Å². The molecule has 0 aromatic heterocycles. The quantitative estimate of drug-likeness (QED) is 0.0446. The molecule has 0 N–H and O–H groups in total. The summed E-state index contributed by atoms with van der Waals surface area (Å²) >= 11 is 0. The molecule has 0 amide bonds. The summed E-state index contributed by atoms with van der Waals surface area (Å²) in [5, 5.41) is 21.6. The van der Waals surface area contributed by atoms with Crippen LogP contribution in [0.1, 0.15) is 363 Å². The second-order valence-electron chi connectivity index (χ2n) is 22.4. The van der Waals surface area contributed by atoms with E-state index in [-0.39, 0.29) is 50.6 Å². The average molecular weight is 1030 g/mol. The molecule has 0 aliphatic heterocycles. The predicted molar refractivity (Wildman–Crippen MR) is 311 cm³/mol. The van der Waals surface area contributed by atoms with E-state index in [4.69, 9.17) is 0 Å². The van der Waals surface area contributed by atoms with Crippen molar-refractivity contribution in [3.05, 3.63) is 0 Å². The van der Waals surface area contributed by atoms with Crippen molar-refractivity contribution in [2.45, 2.75) is 375 Å². The van der Waals surface area contributed by atoms with Gasteiger partial charge in [-0.25, -0.2) is 0 Å². The van der Waals surface area contributed by atoms with E-state index in [1.165, 1.54) is 309 Å². The minimum atomic E-state index is -0.903. The third-order valence-corrected chi connectivity index (χ3v) is 15.4. The Bertz CT molecular complexity index is 885. The van der Waals surface area contributed by atoms with Crippen molar-refractivity contribution in [2.75, 3.05) is 26.2 Å². The number of carbonyl (C=O) groups is 2. The summed E-state index contributed by atoms with van der Waals surface area (Å²) in [6.45, 7) is 18.5. The molecule has 0 saturated carbocycles. The summed E-state index contributed by atoms with van der Waals surface area (Å²) in [5.41, 5.74) is 0. The molecule has 0 aliphatic carbocycles. The van der Waals surface area contributed by atoms with Gasteiger partial charge < -0.3 is 29.6 Å². The van der Waals surface area contributed by atoms with Crippen molar-refractivity contribution in [3.63, 3.8) is 0 Å². The van der Waals surface area contributed by atoms with Gasteiger partial charge in [-0.05, 0) is 104 Å². The molecule has 6 nitrogen and oxygen atoms in total. The fourth-order valence-corrected chi connectivity index (χ4v) is 10.5. The Kier molecular flexibility index (Phi) is 68.4. The number of carboxylic acids is 2. The Morgan fingerprint density at radius 1 is 0.282 bits per heavy atom. The Morgan fingerprint density at radius 3 is 0.592 bits per heavy atom. The van der Waals surface area contributed by atoms with Gasteiger partial charge in [-0.3, -0.25) is 0 Å². The summed E-state index contributed by atoms with van der Waals surface area (Å²) in [6.07, 6.45) is 64.9. The summed E-state index contributed by atoms with van der Waals surface area (Å²) in [5.74, 6) is -1.81. The molecule has 7 heteroatoms. The van der Waals surface area contributed by atoms with Crippen LogP contribution < -0.4 is 10.2 Å². The molecule has 420 valence electrons. The molecule has 0 aromatic carbocycles. The first kappa shape index (κ1) is 75.4. The minimum absolute atomic E-state index is 0. The number of unbranched alkanes of at least 4 members (excludes halogenated alkanes) is 40. The van der Waals surface area contributed by atoms with Crippen molar-refractivity contribution in [2.24, 2.45) is 0 Å². The van der Waals surface area contributed by atoms with Crippen LogP contribution in [0.25, 0.3) is 0 Å². The van der Waals surface area contributed by atoms with E-state index in [1.807, 2.05) is 0 Å². The van der Waals surface area contributed by atoms with Gasteiger partial charge in [-0.1, -0.05) is 285 Å². The summed E-state index contributed by atoms with van der Waals surface area (Å²) in [4.78, 5) is 26.9. The average Bonchev–Trinajstić information content (AvgIpc) is 3.34. The van der Waals surface area contributed by atoms with Crippen LogP contribution in [-0.2, 0) is 9.59 Å². The second-order valence-corrected chi connectivity index (χ2v) is 22.4. The molecule has 2 unspecified atom stereocenters. The van der Waals surface area contributed by atoms with Crippen molar-refractivity contribution in [1.29, 1.82) is 0 Å². The Hall–Kier alpha value is 0.120. The van der Waals surface area contributed by atoms with E-state index in [2.05, 4.69) is 51.3 Å². The fourth-order valence-electron chi connectivity index (χ4n) is 10.5. The molecule has 0 saturated heterocycles. The van der Waals surface area contributed by atoms with Gasteiger partial charge in [0, 0.05) is 24.0 Å². The molecule has 0 bridgehead atoms. The molecule has 0 radical (unpaired) electrons. The predicted octanol–water partition coefficient (Wildman–Crippen LogP) is 18.1. The third-order valence-electron chi connectivity index (χ3n) is 15.4. The maximum Gasteiger partial charge on any atom is 2.00 e. The van der Waals surface area contributed by atoms with Gasteiger partial charge in [0.2, 0.25) is 0 Å². The molecule has 0 spiro atoms. The largest absolute Gasteiger partial charge is 2.00 e. The summed E-state index contributed by atoms with van der Waals surface area (Å²) in [7, 11) is 0. The first-order valence-corrected chi connectivity index (χ1v) is 32.1. The number of aliphatic carboxylic acids is 2. The van der Waals surface area contributed by atoms with Crippen molar-refractivity contribution in [1.82, 2.24) is 9.80 Å². The fraction of sp³-hybridized carbons (Fsp3) is 0.969. The van der Waals surface area contributed by atoms with Crippen molar-refractivity contribution in [3.8, 4) is 0 Å². The summed E-state index contributed by atoms with van der Waals surface area (Å²) in [6, 6.07) is 0.973. The monoisotopic (exact) mass is 1030 g/mol. The number of hydrogen-bond donors (Lipinski definition) is 0. The number of carboxylic acid groups (broad SMARTS) is 2. The zero-order valence-corrected chi connectivity index (χ0v) is 51.8. The van der Waals surface area contributed by atoms with Gasteiger partial charge in [0.15, 0.2) is 0 Å². The number of nitrogens with zero attached hydrogens (tertiary/aromatic N) is 2. The Morgan fingerprint density at radius 2 is 0.437 bits per heavy atom. The van der Waals surface area contributed by atoms with Gasteiger partial charge in [-0.15, -0.1) is 0 Å². The molecular weight excluding hydrogens is 901 g/mol. The minimum Gasteiger partial charge on any atom is -0.550 e. The van der Waals surface area contributed by atoms with Crippen LogP contribution in [0.2, 0.25) is 0 Å². The molecule has 0 fully saturated rings. The van der Waals surface area contributed by atoms with Crippen LogP contribution >= 0.6 is 0 Å². The topological polar surface area (TPSA) is 86.7 Å². The summed E-state index contributed by atoms with van der Waals surface area (Å²) < 4.78 is 0. The van der Waals surface area contributed by atoms with E-state index in [0.29, 0.717) is 12.1 Å². The standard InChI is InChI=1S/2C32H65NO2.Ca/c2*1-4-6-8-10-12-14-16-18-20-22-24-29-33(31(3)27-26-28-32(34)35)30-25-23-21-19-17-15-13-11-9-7-5-2;/h2*31H,4-30H2,1-3H3,(H,34,35);/q;;+2/p-2. The molecule has 0 heterocycles. The van der Waals surface area contributed by atoms with Crippen LogP contribution in [0.4, 0.5) is 0 Å². The Labute approximate surface area is 476 Å². The molecule has 0 aliphatic rings. The van der Waals surface area contributed by atoms with E-state index in [1.54, 1.807) is 0 Å². The zero-order valence-electron chi connectivity index (χ0n) is 49.6. The molecule has 0 rings (SSSR count). The maximum atomic E-state index is 10.8. The van der Waals surface area contributed by atoms with Gasteiger partial charge in [0.25, 0.3) is 0 Å². The SMILES string of the molecule is CCCCCCCCCCCCCN(CCCCCCCCCCCCC)C(C)CCCC(=O)[O-].CCCCCCCCCCCCCN(CCCCCCCCCCCCC)C(C)CCCC(=O)[O-].[Ca+2]. The Balaban J connectivity index is -0.00000128. The number of carbonyl (C=O) groups excluding carboxylic acids is 2. The zero-order chi connectivity index (χ0) is 51.6. The number of rotatable bonds is 58. The molecule has 2 atom stereocenters. The van der Waals surface area contributed by atoms with Crippen LogP contribution in [0.3, 0.4) is 0 Å². The van der Waals surface area contributed by atoms with Crippen molar-refractivity contribution < 1.29 is 19.8 Å². The first-order chi connectivity index (χ1) is 34.2. The van der Waals surface area contributed by atoms with Gasteiger partial charge in [0.1, 0.15) is 0 Å². The van der Waals surface area contributed by atoms with Gasteiger partial charge >= 0.3 is 37.7 Å². The van der Waals surface area contributed by atoms with E-state index in [0.717, 1.165) is 25.7 Å². The van der Waals surface area contributed by atoms with Crippen LogP contribution in [0.5, 0.6) is 0 Å². The number of hydrogen-bond acceptors (Lipinski definition) is 6. The smallest absolute Gasteiger partial charge is 0.550 e. The molecular formula is C64H128CaN2O4. The normalized spacial score (nSPS) is 12.3. The second kappa shape index (κ2) is 64.4. The van der Waals surface area contributed by atoms with E-state index >= 15 is 0 Å². The first-order valence-electron chi connectivity index (χ1n) is 32.1. The molecule has 71 heavy (non-hydrogen) atoms. The molecule has 0 aromatic rings. The third kappa shape index (κ3) is 62.6. The van der Waals surface area contributed by atoms with Crippen LogP contribution in [-0.4, -0.2) is 97.7 Å². The van der Waals surface area contributed by atoms with Crippen molar-refractivity contribution >= 4 is 49.7 Å². The van der Waals surface area contributed by atoms with Crippen LogP contribution in [0.15, 0.2) is 0 Å².